The van der Waals surface area contributed by atoms with Crippen molar-refractivity contribution >= 4 is 23.2 Å². The lowest BCUT2D eigenvalue weighted by Crippen LogP contribution is -2.27. The van der Waals surface area contributed by atoms with Crippen LogP contribution in [0.2, 0.25) is 0 Å². The molecule has 1 unspecified atom stereocenters. The Balaban J connectivity index is 1.38. The number of rotatable bonds is 6. The molecule has 29 heavy (non-hydrogen) atoms. The number of halogens is 2. The Kier molecular flexibility index (Phi) is 5.16. The zero-order chi connectivity index (χ0) is 20.4. The smallest absolute Gasteiger partial charge is 0.243 e. The first-order valence-electron chi connectivity index (χ1n) is 9.23. The number of hydrogen-bond donors (Lipinski definition) is 0. The number of hydrazone groups is 1. The lowest BCUT2D eigenvalue weighted by Gasteiger charge is -2.22. The summed E-state index contributed by atoms with van der Waals surface area (Å²) in [5.41, 5.74) is 2.07. The molecule has 0 saturated heterocycles. The summed E-state index contributed by atoms with van der Waals surface area (Å²) >= 11 is 0. The van der Waals surface area contributed by atoms with E-state index in [1.807, 2.05) is 16.8 Å². The predicted molar refractivity (Wildman–Crippen MR) is 105 cm³/mol. The Hall–Kier alpha value is -3.42. The summed E-state index contributed by atoms with van der Waals surface area (Å²) in [5, 5.41) is 6.35. The molecule has 4 rings (SSSR count). The second-order valence-corrected chi connectivity index (χ2v) is 6.99. The van der Waals surface area contributed by atoms with E-state index in [0.29, 0.717) is 24.9 Å². The molecule has 1 aromatic carbocycles. The zero-order valence-corrected chi connectivity index (χ0v) is 15.6. The quantitative estimate of drug-likeness (QED) is 0.593. The van der Waals surface area contributed by atoms with E-state index in [0.717, 1.165) is 22.7 Å². The highest BCUT2D eigenvalue weighted by Crippen LogP contribution is 2.30. The summed E-state index contributed by atoms with van der Waals surface area (Å²) in [7, 11) is 0. The Labute approximate surface area is 166 Å². The molecule has 0 aliphatic carbocycles. The molecule has 2 aromatic heterocycles. The van der Waals surface area contributed by atoms with Crippen LogP contribution in [-0.4, -0.2) is 31.7 Å². The first-order valence-corrected chi connectivity index (χ1v) is 9.23. The van der Waals surface area contributed by atoms with E-state index >= 15 is 0 Å². The van der Waals surface area contributed by atoms with Gasteiger partial charge >= 0.3 is 0 Å². The highest BCUT2D eigenvalue weighted by Gasteiger charge is 2.28. The molecule has 6 nitrogen and oxygen atoms in total. The standard InChI is InChI=1S/C21H19F2N5O/c1-14(12-27-7-5-15-11-24-13-25-21(15)27)2-3-20(29)28-19(4-6-26-28)16-8-17(22)10-18(23)9-16/h5-11,13,19H,1-4,12H2. The lowest BCUT2D eigenvalue weighted by molar-refractivity contribution is -0.133. The molecular formula is C21H19F2N5O. The average molecular weight is 395 g/mol. The van der Waals surface area contributed by atoms with Crippen LogP contribution in [-0.2, 0) is 11.3 Å². The number of benzene rings is 1. The van der Waals surface area contributed by atoms with Crippen molar-refractivity contribution in [3.8, 4) is 0 Å². The van der Waals surface area contributed by atoms with Crippen LogP contribution in [0, 0.1) is 11.6 Å². The fourth-order valence-electron chi connectivity index (χ4n) is 3.48. The van der Waals surface area contributed by atoms with Gasteiger partial charge in [0.1, 0.15) is 23.6 Å². The molecule has 8 heteroatoms. The molecule has 0 N–H and O–H groups in total. The Morgan fingerprint density at radius 1 is 1.21 bits per heavy atom. The summed E-state index contributed by atoms with van der Waals surface area (Å²) in [5.74, 6) is -1.56. The fraction of sp³-hybridized carbons (Fsp3) is 0.238. The second kappa shape index (κ2) is 7.90. The minimum atomic E-state index is -0.671. The van der Waals surface area contributed by atoms with Gasteiger partial charge in [0, 0.05) is 49.4 Å². The van der Waals surface area contributed by atoms with Crippen molar-refractivity contribution < 1.29 is 13.6 Å². The molecule has 1 atom stereocenters. The molecule has 0 radical (unpaired) electrons. The number of aromatic nitrogens is 3. The Morgan fingerprint density at radius 2 is 2.00 bits per heavy atom. The predicted octanol–water partition coefficient (Wildman–Crippen LogP) is 4.01. The van der Waals surface area contributed by atoms with Gasteiger partial charge in [0.2, 0.25) is 5.91 Å². The van der Waals surface area contributed by atoms with Gasteiger partial charge in [-0.25, -0.2) is 23.8 Å². The third-order valence-electron chi connectivity index (χ3n) is 4.87. The topological polar surface area (TPSA) is 63.4 Å². The van der Waals surface area contributed by atoms with E-state index < -0.39 is 17.7 Å². The molecule has 0 spiro atoms. The van der Waals surface area contributed by atoms with Gasteiger partial charge in [-0.3, -0.25) is 4.79 Å². The van der Waals surface area contributed by atoms with Crippen LogP contribution in [0.25, 0.3) is 11.0 Å². The molecule has 148 valence electrons. The van der Waals surface area contributed by atoms with Crippen molar-refractivity contribution in [3.63, 3.8) is 0 Å². The van der Waals surface area contributed by atoms with Crippen LogP contribution in [0.15, 0.2) is 60.2 Å². The third kappa shape index (κ3) is 4.06. The van der Waals surface area contributed by atoms with E-state index in [-0.39, 0.29) is 12.3 Å². The summed E-state index contributed by atoms with van der Waals surface area (Å²) < 4.78 is 29.0. The molecule has 1 aliphatic rings. The number of fused-ring (bicyclic) bond motifs is 1. The van der Waals surface area contributed by atoms with E-state index in [2.05, 4.69) is 21.6 Å². The van der Waals surface area contributed by atoms with Gasteiger partial charge in [0.05, 0.1) is 6.04 Å². The van der Waals surface area contributed by atoms with E-state index in [4.69, 9.17) is 0 Å². The molecule has 0 bridgehead atoms. The molecule has 1 aliphatic heterocycles. The van der Waals surface area contributed by atoms with Gasteiger partial charge in [-0.2, -0.15) is 5.10 Å². The Bertz CT molecular complexity index is 1090. The summed E-state index contributed by atoms with van der Waals surface area (Å²) in [6.45, 7) is 4.60. The van der Waals surface area contributed by atoms with E-state index in [9.17, 15) is 13.6 Å². The van der Waals surface area contributed by atoms with Crippen molar-refractivity contribution in [1.29, 1.82) is 0 Å². The van der Waals surface area contributed by atoms with Gasteiger partial charge in [-0.15, -0.1) is 0 Å². The maximum atomic E-state index is 13.5. The van der Waals surface area contributed by atoms with Crippen LogP contribution < -0.4 is 0 Å². The van der Waals surface area contributed by atoms with Gasteiger partial charge in [-0.1, -0.05) is 12.2 Å². The van der Waals surface area contributed by atoms with Gasteiger partial charge < -0.3 is 4.57 Å². The van der Waals surface area contributed by atoms with Crippen LogP contribution in [0.1, 0.15) is 30.9 Å². The average Bonchev–Trinajstić information content (AvgIpc) is 3.33. The van der Waals surface area contributed by atoms with Crippen molar-refractivity contribution in [2.75, 3.05) is 0 Å². The molecule has 3 aromatic rings. The van der Waals surface area contributed by atoms with Crippen molar-refractivity contribution in [2.24, 2.45) is 5.10 Å². The molecule has 0 fully saturated rings. The monoisotopic (exact) mass is 395 g/mol. The van der Waals surface area contributed by atoms with E-state index in [1.54, 1.807) is 12.4 Å². The summed E-state index contributed by atoms with van der Waals surface area (Å²) in [6, 6.07) is 4.72. The number of carbonyl (C=O) groups excluding carboxylic acids is 1. The lowest BCUT2D eigenvalue weighted by atomic mass is 10.0. The number of nitrogens with zero attached hydrogens (tertiary/aromatic N) is 5. The number of allylic oxidation sites excluding steroid dienone is 1. The van der Waals surface area contributed by atoms with Gasteiger partial charge in [-0.05, 0) is 30.2 Å². The van der Waals surface area contributed by atoms with Gasteiger partial charge in [0.15, 0.2) is 0 Å². The third-order valence-corrected chi connectivity index (χ3v) is 4.87. The molecule has 3 heterocycles. The summed E-state index contributed by atoms with van der Waals surface area (Å²) in [4.78, 5) is 20.9. The first-order chi connectivity index (χ1) is 14.0. The van der Waals surface area contributed by atoms with Crippen LogP contribution >= 0.6 is 0 Å². The summed E-state index contributed by atoms with van der Waals surface area (Å²) in [6.07, 6.45) is 7.83. The van der Waals surface area contributed by atoms with Crippen molar-refractivity contribution in [1.82, 2.24) is 19.5 Å². The van der Waals surface area contributed by atoms with Gasteiger partial charge in [0.25, 0.3) is 0 Å². The SMILES string of the molecule is C=C(CCC(=O)N1N=CCC1c1cc(F)cc(F)c1)Cn1ccc2cncnc21. The maximum Gasteiger partial charge on any atom is 0.243 e. The van der Waals surface area contributed by atoms with Crippen LogP contribution in [0.4, 0.5) is 8.78 Å². The van der Waals surface area contributed by atoms with Crippen molar-refractivity contribution in [2.45, 2.75) is 31.8 Å². The minimum Gasteiger partial charge on any atom is -0.328 e. The zero-order valence-electron chi connectivity index (χ0n) is 15.6. The number of hydrogen-bond acceptors (Lipinski definition) is 4. The molecule has 0 saturated carbocycles. The highest BCUT2D eigenvalue weighted by atomic mass is 19.1. The highest BCUT2D eigenvalue weighted by molar-refractivity contribution is 5.80. The minimum absolute atomic E-state index is 0.207. The van der Waals surface area contributed by atoms with Crippen LogP contribution in [0.3, 0.4) is 0 Å². The second-order valence-electron chi connectivity index (χ2n) is 6.99. The van der Waals surface area contributed by atoms with Crippen LogP contribution in [0.5, 0.6) is 0 Å². The fourth-order valence-corrected chi connectivity index (χ4v) is 3.48. The van der Waals surface area contributed by atoms with E-state index in [1.165, 1.54) is 23.5 Å². The molecular weight excluding hydrogens is 376 g/mol. The maximum absolute atomic E-state index is 13.5. The van der Waals surface area contributed by atoms with Crippen molar-refractivity contribution in [3.05, 3.63) is 72.3 Å². The normalized spacial score (nSPS) is 15.9. The molecule has 1 amide bonds. The number of amides is 1. The Morgan fingerprint density at radius 3 is 2.79 bits per heavy atom. The number of carbonyl (C=O) groups is 1. The first kappa shape index (κ1) is 18.9. The largest absolute Gasteiger partial charge is 0.328 e.